The molecule has 0 atom stereocenters. The molecule has 4 heteroatoms. The summed E-state index contributed by atoms with van der Waals surface area (Å²) in [5.74, 6) is 1.35. The minimum absolute atomic E-state index is 0.424. The largest absolute Gasteiger partial charge is 0.439 e. The van der Waals surface area contributed by atoms with E-state index in [9.17, 15) is 0 Å². The van der Waals surface area contributed by atoms with Crippen LogP contribution in [-0.2, 0) is 6.54 Å². The first-order valence-corrected chi connectivity index (χ1v) is 5.95. The Hall–Kier alpha value is -1.14. The molecule has 1 aromatic carbocycles. The van der Waals surface area contributed by atoms with Gasteiger partial charge in [-0.15, -0.1) is 0 Å². The van der Waals surface area contributed by atoms with E-state index >= 15 is 0 Å². The molecule has 2 aromatic rings. The summed E-state index contributed by atoms with van der Waals surface area (Å²) in [6.07, 6.45) is 1.70. The summed E-state index contributed by atoms with van der Waals surface area (Å²) in [5.41, 5.74) is 6.51. The number of ether oxygens (including phenoxy) is 1. The zero-order valence-electron chi connectivity index (χ0n) is 8.56. The average Bonchev–Trinajstić information content (AvgIpc) is 2.33. The maximum Gasteiger partial charge on any atom is 0.223 e. The smallest absolute Gasteiger partial charge is 0.223 e. The van der Waals surface area contributed by atoms with Crippen LogP contribution in [0.5, 0.6) is 11.6 Å². The molecule has 0 unspecified atom stereocenters. The zero-order valence-corrected chi connectivity index (χ0v) is 10.7. The van der Waals surface area contributed by atoms with Gasteiger partial charge < -0.3 is 10.5 Å². The van der Waals surface area contributed by atoms with Crippen molar-refractivity contribution in [3.8, 4) is 11.6 Å². The lowest BCUT2D eigenvalue weighted by molar-refractivity contribution is 0.456. The van der Waals surface area contributed by atoms with Gasteiger partial charge in [0.1, 0.15) is 5.75 Å². The predicted octanol–water partition coefficient (Wildman–Crippen LogP) is 2.94. The summed E-state index contributed by atoms with van der Waals surface area (Å²) >= 11 is 2.25. The van der Waals surface area contributed by atoms with Crippen LogP contribution in [0.4, 0.5) is 0 Å². The molecule has 0 aliphatic carbocycles. The second-order valence-electron chi connectivity index (χ2n) is 3.23. The quantitative estimate of drug-likeness (QED) is 0.883. The van der Waals surface area contributed by atoms with Gasteiger partial charge in [-0.1, -0.05) is 6.07 Å². The molecule has 0 radical (unpaired) electrons. The first-order chi connectivity index (χ1) is 7.79. The van der Waals surface area contributed by atoms with Crippen LogP contribution in [-0.4, -0.2) is 4.98 Å². The van der Waals surface area contributed by atoms with Gasteiger partial charge in [0.2, 0.25) is 5.88 Å². The molecule has 82 valence electrons. The topological polar surface area (TPSA) is 48.1 Å². The van der Waals surface area contributed by atoms with Gasteiger partial charge in [-0.25, -0.2) is 4.98 Å². The Morgan fingerprint density at radius 1 is 1.19 bits per heavy atom. The number of rotatable bonds is 3. The Morgan fingerprint density at radius 2 is 1.94 bits per heavy atom. The number of aromatic nitrogens is 1. The number of nitrogens with two attached hydrogens (primary N) is 1. The Kier molecular flexibility index (Phi) is 3.74. The second kappa shape index (κ2) is 5.27. The lowest BCUT2D eigenvalue weighted by atomic mass is 10.3. The van der Waals surface area contributed by atoms with Crippen LogP contribution in [0.1, 0.15) is 5.56 Å². The first-order valence-electron chi connectivity index (χ1n) is 4.87. The van der Waals surface area contributed by atoms with Gasteiger partial charge in [-0.2, -0.15) is 0 Å². The SMILES string of the molecule is NCc1cccnc1Oc1ccc(I)cc1. The highest BCUT2D eigenvalue weighted by Crippen LogP contribution is 2.23. The minimum atomic E-state index is 0.424. The van der Waals surface area contributed by atoms with Crippen molar-refractivity contribution in [2.24, 2.45) is 5.73 Å². The van der Waals surface area contributed by atoms with Crippen LogP contribution >= 0.6 is 22.6 Å². The maximum atomic E-state index is 5.66. The van der Waals surface area contributed by atoms with Crippen LogP contribution in [0.15, 0.2) is 42.6 Å². The third-order valence-electron chi connectivity index (χ3n) is 2.10. The molecule has 0 aliphatic rings. The van der Waals surface area contributed by atoms with Crippen LogP contribution < -0.4 is 10.5 Å². The van der Waals surface area contributed by atoms with Crippen molar-refractivity contribution in [1.82, 2.24) is 4.98 Å². The van der Waals surface area contributed by atoms with Gasteiger partial charge in [0, 0.05) is 21.9 Å². The molecular formula is C12H11IN2O. The van der Waals surface area contributed by atoms with E-state index in [1.165, 1.54) is 3.57 Å². The van der Waals surface area contributed by atoms with Gasteiger partial charge in [0.25, 0.3) is 0 Å². The van der Waals surface area contributed by atoms with Gasteiger partial charge in [-0.3, -0.25) is 0 Å². The van der Waals surface area contributed by atoms with Crippen molar-refractivity contribution >= 4 is 22.6 Å². The standard InChI is InChI=1S/C12H11IN2O/c13-10-3-5-11(6-4-10)16-12-9(8-14)2-1-7-15-12/h1-7H,8,14H2. The molecule has 1 heterocycles. The maximum absolute atomic E-state index is 5.66. The van der Waals surface area contributed by atoms with E-state index < -0.39 is 0 Å². The van der Waals surface area contributed by atoms with Crippen molar-refractivity contribution in [1.29, 1.82) is 0 Å². The van der Waals surface area contributed by atoms with Crippen molar-refractivity contribution in [3.63, 3.8) is 0 Å². The summed E-state index contributed by atoms with van der Waals surface area (Å²) in [7, 11) is 0. The van der Waals surface area contributed by atoms with Gasteiger partial charge >= 0.3 is 0 Å². The fourth-order valence-corrected chi connectivity index (χ4v) is 1.65. The van der Waals surface area contributed by atoms with Gasteiger partial charge in [0.15, 0.2) is 0 Å². The molecule has 2 rings (SSSR count). The molecule has 3 nitrogen and oxygen atoms in total. The molecule has 0 amide bonds. The number of benzene rings is 1. The van der Waals surface area contributed by atoms with Crippen LogP contribution in [0.3, 0.4) is 0 Å². The minimum Gasteiger partial charge on any atom is -0.439 e. The molecule has 0 bridgehead atoms. The van der Waals surface area contributed by atoms with Gasteiger partial charge in [-0.05, 0) is 52.9 Å². The Morgan fingerprint density at radius 3 is 2.62 bits per heavy atom. The summed E-state index contributed by atoms with van der Waals surface area (Å²) in [6, 6.07) is 11.6. The number of nitrogens with zero attached hydrogens (tertiary/aromatic N) is 1. The van der Waals surface area contributed by atoms with E-state index in [0.717, 1.165) is 11.3 Å². The lowest BCUT2D eigenvalue weighted by Crippen LogP contribution is -2.00. The normalized spacial score (nSPS) is 10.1. The molecule has 0 aliphatic heterocycles. The molecule has 2 N–H and O–H groups in total. The molecule has 0 fully saturated rings. The molecule has 1 aromatic heterocycles. The summed E-state index contributed by atoms with van der Waals surface area (Å²) in [5, 5.41) is 0. The monoisotopic (exact) mass is 326 g/mol. The highest BCUT2D eigenvalue weighted by atomic mass is 127. The van der Waals surface area contributed by atoms with E-state index in [0.29, 0.717) is 12.4 Å². The van der Waals surface area contributed by atoms with Crippen LogP contribution in [0.2, 0.25) is 0 Å². The Bertz CT molecular complexity index is 471. The van der Waals surface area contributed by atoms with E-state index in [2.05, 4.69) is 27.6 Å². The Labute approximate surface area is 108 Å². The molecular weight excluding hydrogens is 315 g/mol. The summed E-state index contributed by atoms with van der Waals surface area (Å²) < 4.78 is 6.83. The summed E-state index contributed by atoms with van der Waals surface area (Å²) in [4.78, 5) is 4.16. The number of hydrogen-bond acceptors (Lipinski definition) is 3. The van der Waals surface area contributed by atoms with E-state index in [1.807, 2.05) is 36.4 Å². The van der Waals surface area contributed by atoms with Crippen LogP contribution in [0, 0.1) is 3.57 Å². The zero-order chi connectivity index (χ0) is 11.4. The summed E-state index contributed by atoms with van der Waals surface area (Å²) in [6.45, 7) is 0.424. The van der Waals surface area contributed by atoms with Crippen LogP contribution in [0.25, 0.3) is 0 Å². The first kappa shape index (κ1) is 11.3. The Balaban J connectivity index is 2.23. The second-order valence-corrected chi connectivity index (χ2v) is 4.47. The molecule has 0 saturated carbocycles. The van der Waals surface area contributed by atoms with Gasteiger partial charge in [0.05, 0.1) is 0 Å². The van der Waals surface area contributed by atoms with Crippen molar-refractivity contribution in [2.45, 2.75) is 6.54 Å². The predicted molar refractivity (Wildman–Crippen MR) is 71.4 cm³/mol. The fraction of sp³-hybridized carbons (Fsp3) is 0.0833. The number of halogens is 1. The van der Waals surface area contributed by atoms with E-state index in [4.69, 9.17) is 10.5 Å². The highest BCUT2D eigenvalue weighted by molar-refractivity contribution is 14.1. The number of pyridine rings is 1. The highest BCUT2D eigenvalue weighted by Gasteiger charge is 2.03. The van der Waals surface area contributed by atoms with Crippen molar-refractivity contribution < 1.29 is 4.74 Å². The fourth-order valence-electron chi connectivity index (χ4n) is 1.29. The van der Waals surface area contributed by atoms with Crippen molar-refractivity contribution in [2.75, 3.05) is 0 Å². The van der Waals surface area contributed by atoms with E-state index in [-0.39, 0.29) is 0 Å². The lowest BCUT2D eigenvalue weighted by Gasteiger charge is -2.08. The van der Waals surface area contributed by atoms with Crippen molar-refractivity contribution in [3.05, 3.63) is 51.7 Å². The van der Waals surface area contributed by atoms with E-state index in [1.54, 1.807) is 6.20 Å². The molecule has 0 spiro atoms. The third kappa shape index (κ3) is 2.70. The molecule has 0 saturated heterocycles. The third-order valence-corrected chi connectivity index (χ3v) is 2.82. The molecule has 16 heavy (non-hydrogen) atoms. The average molecular weight is 326 g/mol. The number of hydrogen-bond donors (Lipinski definition) is 1.